The van der Waals surface area contributed by atoms with Crippen LogP contribution in [-0.2, 0) is 4.74 Å². The average Bonchev–Trinajstić information content (AvgIpc) is 2.17. The standard InChI is InChI=1S/C4H7NO/c1-3-4(6-3)2-5-1/h3-5H,1-2H2/t3-,4?/m1/s1. The summed E-state index contributed by atoms with van der Waals surface area (Å²) >= 11 is 0. The molecular formula is C4H7NO. The molecule has 2 fully saturated rings. The first-order valence-corrected chi connectivity index (χ1v) is 2.33. The van der Waals surface area contributed by atoms with Crippen molar-refractivity contribution in [2.75, 3.05) is 13.1 Å². The van der Waals surface area contributed by atoms with Crippen molar-refractivity contribution in [3.05, 3.63) is 0 Å². The van der Waals surface area contributed by atoms with Crippen molar-refractivity contribution in [1.82, 2.24) is 5.32 Å². The number of morpholine rings is 1. The van der Waals surface area contributed by atoms with Gasteiger partial charge < -0.3 is 10.1 Å². The first-order chi connectivity index (χ1) is 2.97. The number of rotatable bonds is 0. The zero-order valence-corrected chi connectivity index (χ0v) is 3.48. The highest BCUT2D eigenvalue weighted by atomic mass is 16.6. The third kappa shape index (κ3) is 0.235. The average molecular weight is 85.1 g/mol. The summed E-state index contributed by atoms with van der Waals surface area (Å²) in [7, 11) is 0. The Morgan fingerprint density at radius 2 is 2.00 bits per heavy atom. The lowest BCUT2D eigenvalue weighted by molar-refractivity contribution is 0.331. The molecule has 0 amide bonds. The molecule has 0 aliphatic carbocycles. The van der Waals surface area contributed by atoms with Crippen LogP contribution >= 0.6 is 0 Å². The number of epoxide rings is 1. The summed E-state index contributed by atoms with van der Waals surface area (Å²) in [5.41, 5.74) is 0. The Balaban J connectivity index is 2.09. The van der Waals surface area contributed by atoms with Crippen molar-refractivity contribution < 1.29 is 4.74 Å². The maximum absolute atomic E-state index is 5.09. The van der Waals surface area contributed by atoms with E-state index in [0.29, 0.717) is 12.2 Å². The van der Waals surface area contributed by atoms with E-state index in [4.69, 9.17) is 4.74 Å². The lowest BCUT2D eigenvalue weighted by Gasteiger charge is -1.87. The van der Waals surface area contributed by atoms with E-state index in [9.17, 15) is 0 Å². The molecule has 2 saturated heterocycles. The van der Waals surface area contributed by atoms with Crippen molar-refractivity contribution >= 4 is 0 Å². The van der Waals surface area contributed by atoms with E-state index in [1.54, 1.807) is 0 Å². The molecule has 0 radical (unpaired) electrons. The highest BCUT2D eigenvalue weighted by molar-refractivity contribution is 4.94. The summed E-state index contributed by atoms with van der Waals surface area (Å²) in [6.07, 6.45) is 1.20. The minimum atomic E-state index is 0.602. The fourth-order valence-corrected chi connectivity index (χ4v) is 0.906. The third-order valence-electron chi connectivity index (χ3n) is 1.38. The zero-order valence-electron chi connectivity index (χ0n) is 3.48. The van der Waals surface area contributed by atoms with E-state index in [1.807, 2.05) is 0 Å². The van der Waals surface area contributed by atoms with Gasteiger partial charge in [-0.1, -0.05) is 0 Å². The predicted molar refractivity (Wildman–Crippen MR) is 21.5 cm³/mol. The van der Waals surface area contributed by atoms with Crippen molar-refractivity contribution in [3.8, 4) is 0 Å². The molecule has 2 aliphatic heterocycles. The van der Waals surface area contributed by atoms with E-state index in [2.05, 4.69) is 5.32 Å². The molecule has 0 aromatic heterocycles. The van der Waals surface area contributed by atoms with Gasteiger partial charge in [-0.15, -0.1) is 0 Å². The van der Waals surface area contributed by atoms with Gasteiger partial charge in [-0.3, -0.25) is 0 Å². The molecule has 2 rings (SSSR count). The second kappa shape index (κ2) is 0.768. The second-order valence-electron chi connectivity index (χ2n) is 1.87. The lowest BCUT2D eigenvalue weighted by atomic mass is 10.4. The Morgan fingerprint density at radius 3 is 2.17 bits per heavy atom. The molecule has 2 aliphatic rings. The first kappa shape index (κ1) is 2.99. The number of fused-ring (bicyclic) bond motifs is 1. The van der Waals surface area contributed by atoms with Crippen LogP contribution in [0.4, 0.5) is 0 Å². The molecule has 2 heteroatoms. The van der Waals surface area contributed by atoms with Crippen LogP contribution in [0.5, 0.6) is 0 Å². The van der Waals surface area contributed by atoms with Crippen LogP contribution in [0.1, 0.15) is 0 Å². The molecule has 1 unspecified atom stereocenters. The van der Waals surface area contributed by atoms with E-state index in [0.717, 1.165) is 13.1 Å². The molecule has 0 aromatic carbocycles. The Bertz CT molecular complexity index is 65.9. The quantitative estimate of drug-likeness (QED) is 0.395. The monoisotopic (exact) mass is 85.1 g/mol. The van der Waals surface area contributed by atoms with Crippen LogP contribution in [0.25, 0.3) is 0 Å². The summed E-state index contributed by atoms with van der Waals surface area (Å²) in [6, 6.07) is 0. The largest absolute Gasteiger partial charge is 0.367 e. The number of ether oxygens (including phenoxy) is 1. The summed E-state index contributed by atoms with van der Waals surface area (Å²) < 4.78 is 5.09. The lowest BCUT2D eigenvalue weighted by Crippen LogP contribution is -2.13. The van der Waals surface area contributed by atoms with Crippen LogP contribution in [0.2, 0.25) is 0 Å². The second-order valence-corrected chi connectivity index (χ2v) is 1.87. The van der Waals surface area contributed by atoms with E-state index >= 15 is 0 Å². The number of nitrogens with one attached hydrogen (secondary N) is 1. The molecule has 2 nitrogen and oxygen atoms in total. The summed E-state index contributed by atoms with van der Waals surface area (Å²) in [5, 5.41) is 3.20. The minimum Gasteiger partial charge on any atom is -0.367 e. The van der Waals surface area contributed by atoms with Crippen LogP contribution in [0.15, 0.2) is 0 Å². The Labute approximate surface area is 36.5 Å². The normalized spacial score (nSPS) is 52.0. The minimum absolute atomic E-state index is 0.602. The highest BCUT2D eigenvalue weighted by Gasteiger charge is 2.42. The zero-order chi connectivity index (χ0) is 3.98. The molecule has 0 spiro atoms. The molecule has 2 atom stereocenters. The Hall–Kier alpha value is -0.0800. The smallest absolute Gasteiger partial charge is 0.0979 e. The van der Waals surface area contributed by atoms with Gasteiger partial charge >= 0.3 is 0 Å². The predicted octanol–water partition coefficient (Wildman–Crippen LogP) is -0.643. The Morgan fingerprint density at radius 1 is 1.33 bits per heavy atom. The molecule has 0 aromatic rings. The number of hydrogen-bond donors (Lipinski definition) is 1. The van der Waals surface area contributed by atoms with E-state index < -0.39 is 0 Å². The van der Waals surface area contributed by atoms with Crippen molar-refractivity contribution in [2.45, 2.75) is 12.2 Å². The number of hydrogen-bond acceptors (Lipinski definition) is 2. The van der Waals surface area contributed by atoms with Crippen LogP contribution in [0.3, 0.4) is 0 Å². The molecule has 2 heterocycles. The van der Waals surface area contributed by atoms with Crippen molar-refractivity contribution in [1.29, 1.82) is 0 Å². The summed E-state index contributed by atoms with van der Waals surface area (Å²) in [6.45, 7) is 2.18. The van der Waals surface area contributed by atoms with Gasteiger partial charge in [0.2, 0.25) is 0 Å². The maximum Gasteiger partial charge on any atom is 0.0979 e. The van der Waals surface area contributed by atoms with Crippen LogP contribution in [-0.4, -0.2) is 25.3 Å². The van der Waals surface area contributed by atoms with E-state index in [1.165, 1.54) is 0 Å². The Kier molecular flexibility index (Phi) is 0.383. The molecule has 0 saturated carbocycles. The van der Waals surface area contributed by atoms with Gasteiger partial charge in [0.05, 0.1) is 12.2 Å². The first-order valence-electron chi connectivity index (χ1n) is 2.33. The third-order valence-corrected chi connectivity index (χ3v) is 1.38. The molecule has 6 heavy (non-hydrogen) atoms. The molecular weight excluding hydrogens is 78.0 g/mol. The topological polar surface area (TPSA) is 24.6 Å². The molecule has 34 valence electrons. The van der Waals surface area contributed by atoms with Crippen molar-refractivity contribution in [2.24, 2.45) is 0 Å². The van der Waals surface area contributed by atoms with Crippen LogP contribution < -0.4 is 5.32 Å². The maximum atomic E-state index is 5.09. The SMILES string of the molecule is C1NC[C@H]2OC12. The summed E-state index contributed by atoms with van der Waals surface area (Å²) in [5.74, 6) is 0. The van der Waals surface area contributed by atoms with Gasteiger partial charge in [-0.2, -0.15) is 0 Å². The fourth-order valence-electron chi connectivity index (χ4n) is 0.906. The van der Waals surface area contributed by atoms with Gasteiger partial charge in [-0.05, 0) is 0 Å². The van der Waals surface area contributed by atoms with Gasteiger partial charge in [0.1, 0.15) is 0 Å². The fraction of sp³-hybridized carbons (Fsp3) is 1.00. The van der Waals surface area contributed by atoms with Crippen molar-refractivity contribution in [3.63, 3.8) is 0 Å². The van der Waals surface area contributed by atoms with Gasteiger partial charge in [0.25, 0.3) is 0 Å². The molecule has 0 bridgehead atoms. The summed E-state index contributed by atoms with van der Waals surface area (Å²) in [4.78, 5) is 0. The van der Waals surface area contributed by atoms with Gasteiger partial charge in [0, 0.05) is 13.1 Å². The molecule has 1 N–H and O–H groups in total. The van der Waals surface area contributed by atoms with Crippen LogP contribution in [0, 0.1) is 0 Å². The van der Waals surface area contributed by atoms with E-state index in [-0.39, 0.29) is 0 Å². The van der Waals surface area contributed by atoms with Gasteiger partial charge in [-0.25, -0.2) is 0 Å². The highest BCUT2D eigenvalue weighted by Crippen LogP contribution is 2.24. The van der Waals surface area contributed by atoms with Gasteiger partial charge in [0.15, 0.2) is 0 Å².